The first kappa shape index (κ1) is 11.4. The summed E-state index contributed by atoms with van der Waals surface area (Å²) in [5.41, 5.74) is 5.02. The second-order valence-corrected chi connectivity index (χ2v) is 4.34. The third-order valence-electron chi connectivity index (χ3n) is 0.866. The molecule has 0 rings (SSSR count). The summed E-state index contributed by atoms with van der Waals surface area (Å²) in [5, 5.41) is 10.7. The van der Waals surface area contributed by atoms with Gasteiger partial charge in [0.25, 0.3) is 0 Å². The molecule has 0 bridgehead atoms. The van der Waals surface area contributed by atoms with Gasteiger partial charge in [0.05, 0.1) is 6.10 Å². The average molecular weight is 196 g/mol. The van der Waals surface area contributed by atoms with E-state index < -0.39 is 13.8 Å². The van der Waals surface area contributed by atoms with E-state index in [1.165, 1.54) is 0 Å². The van der Waals surface area contributed by atoms with Crippen LogP contribution in [0.25, 0.3) is 0 Å². The highest BCUT2D eigenvalue weighted by Gasteiger charge is 2.22. The van der Waals surface area contributed by atoms with Crippen molar-refractivity contribution in [3.63, 3.8) is 0 Å². The summed E-state index contributed by atoms with van der Waals surface area (Å²) in [7, 11) is -3.74. The number of oxime groups is 1. The lowest BCUT2D eigenvalue weighted by atomic mass is 10.5. The van der Waals surface area contributed by atoms with Gasteiger partial charge >= 0.3 is 7.60 Å². The first-order valence-electron chi connectivity index (χ1n) is 3.34. The molecule has 4 N–H and O–H groups in total. The van der Waals surface area contributed by atoms with Crippen molar-refractivity contribution in [3.05, 3.63) is 0 Å². The molecule has 0 aromatic carbocycles. The third-order valence-corrected chi connectivity index (χ3v) is 2.34. The van der Waals surface area contributed by atoms with E-state index in [1.54, 1.807) is 13.8 Å². The number of amidine groups is 1. The van der Waals surface area contributed by atoms with E-state index in [1.807, 2.05) is 0 Å². The molecule has 0 heterocycles. The Morgan fingerprint density at radius 1 is 1.75 bits per heavy atom. The van der Waals surface area contributed by atoms with E-state index in [0.717, 1.165) is 0 Å². The number of rotatable bonds is 4. The van der Waals surface area contributed by atoms with Gasteiger partial charge in [-0.25, -0.2) is 0 Å². The molecule has 0 aliphatic carbocycles. The molecule has 6 nitrogen and oxygen atoms in total. The molecule has 0 aromatic heterocycles. The Kier molecular flexibility index (Phi) is 4.23. The van der Waals surface area contributed by atoms with Crippen LogP contribution in [0.2, 0.25) is 0 Å². The maximum atomic E-state index is 11.1. The average Bonchev–Trinajstić information content (AvgIpc) is 1.83. The zero-order valence-electron chi connectivity index (χ0n) is 6.97. The Hall–Kier alpha value is -0.580. The van der Waals surface area contributed by atoms with Gasteiger partial charge in [-0.15, -0.1) is 0 Å². The van der Waals surface area contributed by atoms with Gasteiger partial charge in [0.15, 0.2) is 5.84 Å². The van der Waals surface area contributed by atoms with Crippen molar-refractivity contribution in [2.24, 2.45) is 10.9 Å². The Labute approximate surface area is 70.6 Å². The van der Waals surface area contributed by atoms with Crippen LogP contribution in [0.4, 0.5) is 0 Å². The summed E-state index contributed by atoms with van der Waals surface area (Å²) >= 11 is 0. The maximum Gasteiger partial charge on any atom is 0.335 e. The fraction of sp³-hybridized carbons (Fsp3) is 0.800. The largest absolute Gasteiger partial charge is 0.409 e. The first-order valence-corrected chi connectivity index (χ1v) is 5.10. The maximum absolute atomic E-state index is 11.1. The minimum atomic E-state index is -3.74. The van der Waals surface area contributed by atoms with Gasteiger partial charge in [-0.3, -0.25) is 4.57 Å². The van der Waals surface area contributed by atoms with Crippen molar-refractivity contribution in [1.29, 1.82) is 0 Å². The molecule has 0 aliphatic rings. The van der Waals surface area contributed by atoms with Crippen LogP contribution in [-0.4, -0.2) is 28.2 Å². The van der Waals surface area contributed by atoms with Gasteiger partial charge in [0.2, 0.25) is 0 Å². The lowest BCUT2D eigenvalue weighted by molar-refractivity contribution is 0.207. The fourth-order valence-corrected chi connectivity index (χ4v) is 1.81. The van der Waals surface area contributed by atoms with Crippen LogP contribution in [0.3, 0.4) is 0 Å². The lowest BCUT2D eigenvalue weighted by Crippen LogP contribution is -2.18. The van der Waals surface area contributed by atoms with E-state index in [2.05, 4.69) is 9.68 Å². The van der Waals surface area contributed by atoms with Gasteiger partial charge in [0.1, 0.15) is 6.16 Å². The standard InChI is InChI=1S/C5H13N2O4P/c1-4(2)11-12(9,10)3-5(6)7-8/h4,8H,3H2,1-2H3,(H2,6,7)(H,9,10). The van der Waals surface area contributed by atoms with Crippen LogP contribution >= 0.6 is 7.60 Å². The molecule has 0 amide bonds. The molecule has 1 atom stereocenters. The molecule has 7 heteroatoms. The summed E-state index contributed by atoms with van der Waals surface area (Å²) in [6.45, 7) is 3.24. The molecule has 0 spiro atoms. The summed E-state index contributed by atoms with van der Waals surface area (Å²) in [6, 6.07) is 0. The van der Waals surface area contributed by atoms with Crippen LogP contribution in [0, 0.1) is 0 Å². The number of nitrogens with two attached hydrogens (primary N) is 1. The van der Waals surface area contributed by atoms with Crippen LogP contribution in [0.1, 0.15) is 13.8 Å². The summed E-state index contributed by atoms with van der Waals surface area (Å²) in [5.74, 6) is -0.318. The zero-order valence-corrected chi connectivity index (χ0v) is 7.86. The Morgan fingerprint density at radius 3 is 2.58 bits per heavy atom. The zero-order chi connectivity index (χ0) is 9.78. The topological polar surface area (TPSA) is 105 Å². The highest BCUT2D eigenvalue weighted by Crippen LogP contribution is 2.42. The lowest BCUT2D eigenvalue weighted by Gasteiger charge is -2.13. The Bertz CT molecular complexity index is 215. The quantitative estimate of drug-likeness (QED) is 0.198. The Balaban J connectivity index is 4.14. The van der Waals surface area contributed by atoms with Gasteiger partial charge in [-0.1, -0.05) is 5.16 Å². The molecule has 72 valence electrons. The first-order chi connectivity index (χ1) is 5.37. The molecule has 0 saturated heterocycles. The highest BCUT2D eigenvalue weighted by atomic mass is 31.2. The van der Waals surface area contributed by atoms with Crippen LogP contribution < -0.4 is 5.73 Å². The normalized spacial score (nSPS) is 17.8. The number of hydrogen-bond donors (Lipinski definition) is 3. The predicted molar refractivity (Wildman–Crippen MR) is 44.3 cm³/mol. The van der Waals surface area contributed by atoms with Crippen molar-refractivity contribution < 1.29 is 19.2 Å². The van der Waals surface area contributed by atoms with Crippen molar-refractivity contribution >= 4 is 13.4 Å². The Morgan fingerprint density at radius 2 is 2.25 bits per heavy atom. The van der Waals surface area contributed by atoms with Crippen LogP contribution in [0.15, 0.2) is 5.16 Å². The molecule has 1 unspecified atom stereocenters. The van der Waals surface area contributed by atoms with Crippen molar-refractivity contribution in [2.45, 2.75) is 20.0 Å². The molecule has 0 aromatic rings. The molecule has 0 fully saturated rings. The third kappa shape index (κ3) is 5.12. The molecular formula is C5H13N2O4P. The van der Waals surface area contributed by atoms with E-state index >= 15 is 0 Å². The van der Waals surface area contributed by atoms with E-state index in [4.69, 9.17) is 15.8 Å². The van der Waals surface area contributed by atoms with Gasteiger partial charge in [-0.2, -0.15) is 0 Å². The van der Waals surface area contributed by atoms with E-state index in [0.29, 0.717) is 0 Å². The van der Waals surface area contributed by atoms with Crippen LogP contribution in [0.5, 0.6) is 0 Å². The monoisotopic (exact) mass is 196 g/mol. The summed E-state index contributed by atoms with van der Waals surface area (Å²) in [6.07, 6.45) is -0.825. The highest BCUT2D eigenvalue weighted by molar-refractivity contribution is 7.53. The SMILES string of the molecule is CC(C)OP(=O)(O)CC(N)=NO. The fourth-order valence-electron chi connectivity index (χ4n) is 0.603. The van der Waals surface area contributed by atoms with Gasteiger partial charge in [-0.05, 0) is 13.8 Å². The second kappa shape index (κ2) is 4.45. The van der Waals surface area contributed by atoms with Crippen molar-refractivity contribution in [3.8, 4) is 0 Å². The molecule has 0 aliphatic heterocycles. The molecule has 0 radical (unpaired) electrons. The number of hydrogen-bond acceptors (Lipinski definition) is 4. The minimum Gasteiger partial charge on any atom is -0.409 e. The summed E-state index contributed by atoms with van der Waals surface area (Å²) in [4.78, 5) is 9.05. The van der Waals surface area contributed by atoms with Crippen molar-refractivity contribution in [2.75, 3.05) is 6.16 Å². The van der Waals surface area contributed by atoms with Crippen LogP contribution in [-0.2, 0) is 9.09 Å². The summed E-state index contributed by atoms with van der Waals surface area (Å²) < 4.78 is 15.7. The molecule has 12 heavy (non-hydrogen) atoms. The van der Waals surface area contributed by atoms with Crippen molar-refractivity contribution in [1.82, 2.24) is 0 Å². The minimum absolute atomic E-state index is 0.318. The smallest absolute Gasteiger partial charge is 0.335 e. The molecule has 0 saturated carbocycles. The van der Waals surface area contributed by atoms with Gasteiger partial charge < -0.3 is 20.4 Å². The predicted octanol–water partition coefficient (Wildman–Crippen LogP) is 0.343. The van der Waals surface area contributed by atoms with E-state index in [-0.39, 0.29) is 11.9 Å². The van der Waals surface area contributed by atoms with Gasteiger partial charge in [0, 0.05) is 0 Å². The molecular weight excluding hydrogens is 183 g/mol. The second-order valence-electron chi connectivity index (χ2n) is 2.54. The number of nitrogens with zero attached hydrogens (tertiary/aromatic N) is 1. The van der Waals surface area contributed by atoms with E-state index in [9.17, 15) is 4.57 Å².